The minimum absolute atomic E-state index is 0.454. The number of rotatable bonds is 2. The Hall–Kier alpha value is -1.97. The third-order valence-electron chi connectivity index (χ3n) is 1.94. The summed E-state index contributed by atoms with van der Waals surface area (Å²) in [5.41, 5.74) is 2.43. The lowest BCUT2D eigenvalue weighted by atomic mass is 10.2. The molecule has 0 bridgehead atoms. The molecule has 0 atom stereocenters. The smallest absolute Gasteiger partial charge is 0.170 e. The van der Waals surface area contributed by atoms with Crippen molar-refractivity contribution >= 4 is 6.29 Å². The molecule has 2 aromatic rings. The molecule has 4 heteroatoms. The normalized spacial score (nSPS) is 10.1. The van der Waals surface area contributed by atoms with Crippen LogP contribution in [0.3, 0.4) is 0 Å². The fourth-order valence-corrected chi connectivity index (χ4v) is 1.28. The van der Waals surface area contributed by atoms with Gasteiger partial charge in [0.15, 0.2) is 6.29 Å². The van der Waals surface area contributed by atoms with Crippen molar-refractivity contribution < 1.29 is 4.79 Å². The van der Waals surface area contributed by atoms with Gasteiger partial charge >= 0.3 is 0 Å². The van der Waals surface area contributed by atoms with Crippen molar-refractivity contribution in [1.29, 1.82) is 0 Å². The van der Waals surface area contributed by atoms with E-state index in [2.05, 4.69) is 10.3 Å². The van der Waals surface area contributed by atoms with Gasteiger partial charge in [0.05, 0.1) is 11.9 Å². The van der Waals surface area contributed by atoms with Crippen LogP contribution in [0.5, 0.6) is 0 Å². The van der Waals surface area contributed by atoms with E-state index in [1.807, 2.05) is 31.2 Å². The van der Waals surface area contributed by atoms with Crippen LogP contribution in [0.4, 0.5) is 0 Å². The van der Waals surface area contributed by atoms with E-state index in [1.54, 1.807) is 0 Å². The van der Waals surface area contributed by atoms with Crippen molar-refractivity contribution in [1.82, 2.24) is 15.0 Å². The summed E-state index contributed by atoms with van der Waals surface area (Å²) in [5, 5.41) is 7.51. The number of benzene rings is 1. The minimum atomic E-state index is 0.454. The molecule has 0 aliphatic rings. The largest absolute Gasteiger partial charge is 0.296 e. The average molecular weight is 187 g/mol. The van der Waals surface area contributed by atoms with Crippen LogP contribution in [-0.4, -0.2) is 21.3 Å². The third kappa shape index (κ3) is 1.42. The van der Waals surface area contributed by atoms with Crippen LogP contribution in [-0.2, 0) is 0 Å². The highest BCUT2D eigenvalue weighted by molar-refractivity contribution is 5.72. The Morgan fingerprint density at radius 2 is 2.29 bits per heavy atom. The van der Waals surface area contributed by atoms with Gasteiger partial charge in [-0.2, -0.15) is 0 Å². The van der Waals surface area contributed by atoms with E-state index in [4.69, 9.17) is 0 Å². The van der Waals surface area contributed by atoms with E-state index >= 15 is 0 Å². The monoisotopic (exact) mass is 187 g/mol. The average Bonchev–Trinajstić information content (AvgIpc) is 2.65. The van der Waals surface area contributed by atoms with Gasteiger partial charge in [0.25, 0.3) is 0 Å². The van der Waals surface area contributed by atoms with Crippen LogP contribution in [0.1, 0.15) is 16.1 Å². The molecule has 70 valence electrons. The highest BCUT2D eigenvalue weighted by Gasteiger charge is 2.03. The first kappa shape index (κ1) is 8.62. The van der Waals surface area contributed by atoms with Crippen LogP contribution in [0, 0.1) is 6.92 Å². The van der Waals surface area contributed by atoms with Crippen LogP contribution in [0.15, 0.2) is 30.5 Å². The fourth-order valence-electron chi connectivity index (χ4n) is 1.28. The first-order valence-electron chi connectivity index (χ1n) is 4.24. The number of carbonyl (C=O) groups is 1. The molecule has 1 aromatic carbocycles. The van der Waals surface area contributed by atoms with Gasteiger partial charge in [-0.05, 0) is 24.6 Å². The van der Waals surface area contributed by atoms with Gasteiger partial charge in [-0.25, -0.2) is 4.68 Å². The molecule has 0 unspecified atom stereocenters. The molecule has 0 saturated carbocycles. The van der Waals surface area contributed by atoms with Gasteiger partial charge in [-0.1, -0.05) is 17.3 Å². The van der Waals surface area contributed by atoms with Crippen LogP contribution < -0.4 is 0 Å². The van der Waals surface area contributed by atoms with Gasteiger partial charge < -0.3 is 0 Å². The lowest BCUT2D eigenvalue weighted by Gasteiger charge is -2.02. The van der Waals surface area contributed by atoms with Gasteiger partial charge in [-0.15, -0.1) is 5.10 Å². The first-order chi connectivity index (χ1) is 6.81. The Morgan fingerprint density at radius 1 is 1.43 bits per heavy atom. The van der Waals surface area contributed by atoms with E-state index < -0.39 is 0 Å². The fraction of sp³-hybridized carbons (Fsp3) is 0.100. The number of carbonyl (C=O) groups excluding carboxylic acids is 1. The Kier molecular flexibility index (Phi) is 2.10. The second-order valence-electron chi connectivity index (χ2n) is 3.03. The molecule has 2 rings (SSSR count). The Bertz CT molecular complexity index is 462. The second-order valence-corrected chi connectivity index (χ2v) is 3.03. The van der Waals surface area contributed by atoms with Crippen LogP contribution in [0.25, 0.3) is 5.69 Å². The van der Waals surface area contributed by atoms with Crippen molar-refractivity contribution in [2.75, 3.05) is 0 Å². The zero-order chi connectivity index (χ0) is 9.97. The molecule has 0 spiro atoms. The van der Waals surface area contributed by atoms with Crippen LogP contribution in [0.2, 0.25) is 0 Å². The quantitative estimate of drug-likeness (QED) is 0.667. The molecule has 0 aliphatic heterocycles. The van der Waals surface area contributed by atoms with E-state index in [0.29, 0.717) is 5.69 Å². The predicted molar refractivity (Wildman–Crippen MR) is 51.5 cm³/mol. The Balaban J connectivity index is 2.54. The van der Waals surface area contributed by atoms with Crippen molar-refractivity contribution in [2.24, 2.45) is 0 Å². The number of nitrogens with zero attached hydrogens (tertiary/aromatic N) is 3. The summed E-state index contributed by atoms with van der Waals surface area (Å²) in [6.07, 6.45) is 2.18. The molecule has 1 aromatic heterocycles. The SMILES string of the molecule is Cc1cccc(-n2nncc2C=O)c1. The highest BCUT2D eigenvalue weighted by Crippen LogP contribution is 2.09. The van der Waals surface area contributed by atoms with Gasteiger partial charge in [0, 0.05) is 0 Å². The number of aromatic nitrogens is 3. The van der Waals surface area contributed by atoms with Crippen LogP contribution >= 0.6 is 0 Å². The maximum absolute atomic E-state index is 10.6. The first-order valence-corrected chi connectivity index (χ1v) is 4.24. The number of aryl methyl sites for hydroxylation is 1. The molecule has 4 nitrogen and oxygen atoms in total. The summed E-state index contributed by atoms with van der Waals surface area (Å²) >= 11 is 0. The molecule has 0 amide bonds. The van der Waals surface area contributed by atoms with Gasteiger partial charge in [0.2, 0.25) is 0 Å². The summed E-state index contributed by atoms with van der Waals surface area (Å²) in [6.45, 7) is 1.99. The second kappa shape index (κ2) is 3.41. The van der Waals surface area contributed by atoms with Crippen molar-refractivity contribution in [3.05, 3.63) is 41.7 Å². The maximum Gasteiger partial charge on any atom is 0.170 e. The molecule has 0 radical (unpaired) electrons. The lowest BCUT2D eigenvalue weighted by molar-refractivity contribution is 0.111. The highest BCUT2D eigenvalue weighted by atomic mass is 16.1. The number of hydrogen-bond donors (Lipinski definition) is 0. The van der Waals surface area contributed by atoms with Crippen molar-refractivity contribution in [3.8, 4) is 5.69 Å². The topological polar surface area (TPSA) is 47.8 Å². The van der Waals surface area contributed by atoms with Gasteiger partial charge in [-0.3, -0.25) is 4.79 Å². The molecule has 0 saturated heterocycles. The van der Waals surface area contributed by atoms with E-state index in [1.165, 1.54) is 10.9 Å². The van der Waals surface area contributed by atoms with Crippen molar-refractivity contribution in [3.63, 3.8) is 0 Å². The Morgan fingerprint density at radius 3 is 3.00 bits per heavy atom. The summed E-state index contributed by atoms with van der Waals surface area (Å²) in [6, 6.07) is 7.73. The molecular weight excluding hydrogens is 178 g/mol. The lowest BCUT2D eigenvalue weighted by Crippen LogP contribution is -2.01. The maximum atomic E-state index is 10.6. The zero-order valence-electron chi connectivity index (χ0n) is 7.71. The van der Waals surface area contributed by atoms with Crippen molar-refractivity contribution in [2.45, 2.75) is 6.92 Å². The molecular formula is C10H9N3O. The van der Waals surface area contributed by atoms with E-state index in [-0.39, 0.29) is 0 Å². The molecule has 1 heterocycles. The van der Waals surface area contributed by atoms with Gasteiger partial charge in [0.1, 0.15) is 5.69 Å². The minimum Gasteiger partial charge on any atom is -0.296 e. The predicted octanol–water partition coefficient (Wildman–Crippen LogP) is 1.39. The van der Waals surface area contributed by atoms with E-state index in [9.17, 15) is 4.79 Å². The summed E-state index contributed by atoms with van der Waals surface area (Å²) in [5.74, 6) is 0. The standard InChI is InChI=1S/C10H9N3O/c1-8-3-2-4-9(5-8)13-10(7-14)6-11-12-13/h2-7H,1H3. The number of aldehydes is 1. The molecule has 0 N–H and O–H groups in total. The summed E-state index contributed by atoms with van der Waals surface area (Å²) < 4.78 is 1.51. The summed E-state index contributed by atoms with van der Waals surface area (Å²) in [4.78, 5) is 10.6. The van der Waals surface area contributed by atoms with E-state index in [0.717, 1.165) is 17.5 Å². The zero-order valence-corrected chi connectivity index (χ0v) is 7.71. The third-order valence-corrected chi connectivity index (χ3v) is 1.94. The summed E-state index contributed by atoms with van der Waals surface area (Å²) in [7, 11) is 0. The molecule has 0 aliphatic carbocycles. The molecule has 14 heavy (non-hydrogen) atoms. The Labute approximate surface area is 81.2 Å². The number of hydrogen-bond acceptors (Lipinski definition) is 3. The molecule has 0 fully saturated rings.